The molecule has 0 saturated carbocycles. The summed E-state index contributed by atoms with van der Waals surface area (Å²) >= 11 is 0. The summed E-state index contributed by atoms with van der Waals surface area (Å²) in [5, 5.41) is 4.27. The molecule has 0 N–H and O–H groups in total. The van der Waals surface area contributed by atoms with E-state index in [4.69, 9.17) is 14.1 Å². The minimum absolute atomic E-state index is 0. The molecule has 3 aromatic heterocycles. The third-order valence-corrected chi connectivity index (χ3v) is 12.7. The predicted octanol–water partition coefficient (Wildman–Crippen LogP) is 16.1. The van der Waals surface area contributed by atoms with Gasteiger partial charge in [0.05, 0.1) is 10.9 Å². The zero-order valence-electron chi connectivity index (χ0n) is 39.5. The molecule has 1 aliphatic rings. The number of furan rings is 1. The van der Waals surface area contributed by atoms with Crippen molar-refractivity contribution in [1.29, 1.82) is 0 Å². The number of nitrogens with zero attached hydrogens (tertiary/aromatic N) is 4. The van der Waals surface area contributed by atoms with Gasteiger partial charge in [0.15, 0.2) is 0 Å². The molecule has 0 spiro atoms. The zero-order chi connectivity index (χ0) is 45.1. The first-order valence-corrected chi connectivity index (χ1v) is 22.4. The van der Waals surface area contributed by atoms with E-state index in [1.807, 2.05) is 12.3 Å². The van der Waals surface area contributed by atoms with E-state index in [1.165, 1.54) is 16.7 Å². The summed E-state index contributed by atoms with van der Waals surface area (Å²) in [5.41, 5.74) is 12.3. The van der Waals surface area contributed by atoms with Gasteiger partial charge in [0.2, 0.25) is 0 Å². The summed E-state index contributed by atoms with van der Waals surface area (Å²) in [6, 6.07) is 48.5. The maximum Gasteiger partial charge on any atom is 0.136 e. The number of anilines is 4. The molecule has 0 aliphatic carbocycles. The van der Waals surface area contributed by atoms with Crippen LogP contribution in [0.3, 0.4) is 0 Å². The number of aromatic nitrogens is 2. The number of ether oxygens (including phenoxy) is 1. The van der Waals surface area contributed by atoms with Crippen LogP contribution in [0.15, 0.2) is 126 Å². The molecule has 0 unspecified atom stereocenters. The van der Waals surface area contributed by atoms with Crippen molar-refractivity contribution in [2.45, 2.75) is 105 Å². The summed E-state index contributed by atoms with van der Waals surface area (Å²) in [4.78, 5) is 9.55. The van der Waals surface area contributed by atoms with Crippen molar-refractivity contribution in [1.82, 2.24) is 9.55 Å². The summed E-state index contributed by atoms with van der Waals surface area (Å²) in [5.74, 6) is 1.98. The minimum Gasteiger partial charge on any atom is -0.509 e. The first-order chi connectivity index (χ1) is 30.2. The Labute approximate surface area is 398 Å². The summed E-state index contributed by atoms with van der Waals surface area (Å²) < 4.78 is 15.8. The van der Waals surface area contributed by atoms with Crippen LogP contribution < -0.4 is 14.5 Å². The van der Waals surface area contributed by atoms with Crippen LogP contribution in [0.2, 0.25) is 0 Å². The van der Waals surface area contributed by atoms with Gasteiger partial charge in [-0.05, 0) is 91.6 Å². The first-order valence-electron chi connectivity index (χ1n) is 22.4. The molecule has 0 saturated heterocycles. The maximum atomic E-state index is 6.90. The van der Waals surface area contributed by atoms with Gasteiger partial charge in [-0.25, -0.2) is 4.98 Å². The number of hydrogen-bond acceptors (Lipinski definition) is 5. The Bertz CT molecular complexity index is 3260. The molecule has 65 heavy (non-hydrogen) atoms. The van der Waals surface area contributed by atoms with Crippen LogP contribution in [0.5, 0.6) is 11.5 Å². The maximum absolute atomic E-state index is 6.90. The van der Waals surface area contributed by atoms with Gasteiger partial charge in [0.25, 0.3) is 0 Å². The van der Waals surface area contributed by atoms with E-state index in [0.717, 1.165) is 77.9 Å². The number of benzene rings is 6. The molecule has 6 aromatic carbocycles. The fourth-order valence-corrected chi connectivity index (χ4v) is 8.87. The number of para-hydroxylation sites is 2. The van der Waals surface area contributed by atoms with Crippen molar-refractivity contribution in [3.05, 3.63) is 163 Å². The third kappa shape index (κ3) is 7.92. The predicted molar refractivity (Wildman–Crippen MR) is 266 cm³/mol. The van der Waals surface area contributed by atoms with Crippen molar-refractivity contribution in [2.75, 3.05) is 9.80 Å². The second kappa shape index (κ2) is 15.7. The van der Waals surface area contributed by atoms with E-state index < -0.39 is 0 Å². The molecule has 9 aromatic rings. The Morgan fingerprint density at radius 3 is 1.88 bits per heavy atom. The quantitative estimate of drug-likeness (QED) is 0.161. The topological polar surface area (TPSA) is 46.7 Å². The summed E-state index contributed by atoms with van der Waals surface area (Å²) in [6.07, 6.45) is 1.90. The molecule has 0 radical (unpaired) electrons. The van der Waals surface area contributed by atoms with Crippen molar-refractivity contribution in [3.8, 4) is 17.3 Å². The molecule has 6 nitrogen and oxygen atoms in total. The largest absolute Gasteiger partial charge is 0.509 e. The van der Waals surface area contributed by atoms with Crippen molar-refractivity contribution >= 4 is 66.5 Å². The average Bonchev–Trinajstić information content (AvgIpc) is 3.91. The van der Waals surface area contributed by atoms with Crippen molar-refractivity contribution < 1.29 is 30.2 Å². The van der Waals surface area contributed by atoms with E-state index in [1.54, 1.807) is 0 Å². The molecular formula is C58H57N4O2Pt-3. The van der Waals surface area contributed by atoms with Gasteiger partial charge in [0.1, 0.15) is 17.0 Å². The minimum atomic E-state index is -0.177. The van der Waals surface area contributed by atoms with Gasteiger partial charge in [-0.2, -0.15) is 6.07 Å². The van der Waals surface area contributed by atoms with Crippen LogP contribution in [0, 0.1) is 18.8 Å². The molecule has 4 heterocycles. The van der Waals surface area contributed by atoms with Gasteiger partial charge in [-0.3, -0.25) is 0 Å². The average molecular weight is 1040 g/mol. The molecule has 0 fully saturated rings. The molecule has 1 aliphatic heterocycles. The Morgan fingerprint density at radius 1 is 0.569 bits per heavy atom. The monoisotopic (exact) mass is 1040 g/mol. The van der Waals surface area contributed by atoms with Gasteiger partial charge < -0.3 is 23.5 Å². The van der Waals surface area contributed by atoms with Gasteiger partial charge in [0, 0.05) is 55.8 Å². The van der Waals surface area contributed by atoms with Gasteiger partial charge in [-0.15, -0.1) is 48.3 Å². The van der Waals surface area contributed by atoms with Crippen LogP contribution in [0.1, 0.15) is 105 Å². The fraction of sp³-hybridized carbons (Fsp3) is 0.276. The molecule has 10 rings (SSSR count). The van der Waals surface area contributed by atoms with Gasteiger partial charge in [-0.1, -0.05) is 143 Å². The second-order valence-electron chi connectivity index (χ2n) is 21.6. The molecule has 0 atom stereocenters. The second-order valence-corrected chi connectivity index (χ2v) is 21.6. The standard InChI is InChI=1S/C58H57N4O2.Pt/c1-55(2,3)37-25-26-59-51(32-37)62-49-34-43(22-23-46(49)54-53(62)52-45-18-14-13-17-36(45)21-24-50(52)64-54)63-44-31-40(58(10,11)12)30-42(33-44)61-35-60(47-19-15-16-20-48(47)61)41-28-38(56(4,5)6)27-39(29-41)57(7,8)9;/h13-32,35H,1-12H3;/q-3;. The Kier molecular flexibility index (Phi) is 10.7. The van der Waals surface area contributed by atoms with Crippen molar-refractivity contribution in [2.24, 2.45) is 0 Å². The van der Waals surface area contributed by atoms with Crippen LogP contribution in [0.4, 0.5) is 22.7 Å². The number of pyridine rings is 1. The van der Waals surface area contributed by atoms with E-state index >= 15 is 0 Å². The van der Waals surface area contributed by atoms with E-state index in [-0.39, 0.29) is 42.7 Å². The van der Waals surface area contributed by atoms with Crippen LogP contribution in [-0.2, 0) is 42.7 Å². The molecule has 0 bridgehead atoms. The summed E-state index contributed by atoms with van der Waals surface area (Å²) in [7, 11) is 0. The number of rotatable bonds is 5. The smallest absolute Gasteiger partial charge is 0.136 e. The van der Waals surface area contributed by atoms with Crippen LogP contribution in [0.25, 0.3) is 49.6 Å². The van der Waals surface area contributed by atoms with Crippen LogP contribution in [-0.4, -0.2) is 9.55 Å². The normalized spacial score (nSPS) is 13.6. The van der Waals surface area contributed by atoms with Crippen LogP contribution >= 0.6 is 0 Å². The Morgan fingerprint density at radius 2 is 1.20 bits per heavy atom. The van der Waals surface area contributed by atoms with E-state index in [2.05, 4.69) is 225 Å². The molecule has 7 heteroatoms. The third-order valence-electron chi connectivity index (χ3n) is 12.7. The Hall–Kier alpha value is -5.84. The first kappa shape index (κ1) is 44.4. The molecule has 0 amide bonds. The van der Waals surface area contributed by atoms with Crippen molar-refractivity contribution in [3.63, 3.8) is 0 Å². The SMILES string of the molecule is CC(C)(C)c1cc(Oc2[c-]c3c(cc2)c2oc4ccc5ccccc5c4c2n3-c2cc(C(C)(C)C)ccn2)[c-]c(N2[CH-]N(c3cc(C(C)(C)C)cc(C(C)(C)C)c3)c3ccccc32)c1.[Pt]. The number of hydrogen-bond donors (Lipinski definition) is 0. The fourth-order valence-electron chi connectivity index (χ4n) is 8.87. The van der Waals surface area contributed by atoms with E-state index in [0.29, 0.717) is 11.5 Å². The van der Waals surface area contributed by atoms with E-state index in [9.17, 15) is 0 Å². The molecular weight excluding hydrogens is 980 g/mol. The Balaban J connectivity index is 0.00000533. The molecule has 334 valence electrons. The van der Waals surface area contributed by atoms with Gasteiger partial charge >= 0.3 is 0 Å². The summed E-state index contributed by atoms with van der Waals surface area (Å²) in [6.45, 7) is 29.3. The zero-order valence-corrected chi connectivity index (χ0v) is 41.8. The number of fused-ring (bicyclic) bond motifs is 8.